The van der Waals surface area contributed by atoms with E-state index in [4.69, 9.17) is 9.15 Å². The molecular formula is C17H22NO3+. The predicted molar refractivity (Wildman–Crippen MR) is 80.1 cm³/mol. The number of quaternary nitrogens is 1. The Bertz CT molecular complexity index is 532. The fourth-order valence-electron chi connectivity index (χ4n) is 2.01. The zero-order valence-corrected chi connectivity index (χ0v) is 12.4. The van der Waals surface area contributed by atoms with Crippen LogP contribution in [0.15, 0.2) is 47.1 Å². The number of Topliss-reactive ketones (excluding diaryl/α,β-unsaturated/α-hetero) is 1. The van der Waals surface area contributed by atoms with Crippen molar-refractivity contribution in [1.82, 2.24) is 0 Å². The fraction of sp³-hybridized carbons (Fsp3) is 0.353. The molecule has 4 heteroatoms. The number of carbonyl (C=O) groups is 1. The third-order valence-electron chi connectivity index (χ3n) is 3.21. The van der Waals surface area contributed by atoms with Crippen molar-refractivity contribution >= 4 is 5.78 Å². The van der Waals surface area contributed by atoms with Crippen molar-refractivity contribution in [2.75, 3.05) is 13.2 Å². The van der Waals surface area contributed by atoms with Crippen LogP contribution >= 0.6 is 0 Å². The molecule has 2 rings (SSSR count). The third kappa shape index (κ3) is 5.83. The molecule has 4 nitrogen and oxygen atoms in total. The van der Waals surface area contributed by atoms with Gasteiger partial charge in [0.2, 0.25) is 0 Å². The molecule has 0 unspecified atom stereocenters. The SMILES string of the molecule is CC(=O)CCc1ccc(OCC[NH2+]Cc2ccco2)cc1. The molecule has 2 N–H and O–H groups in total. The maximum Gasteiger partial charge on any atom is 0.157 e. The summed E-state index contributed by atoms with van der Waals surface area (Å²) >= 11 is 0. The monoisotopic (exact) mass is 288 g/mol. The molecule has 0 amide bonds. The normalized spacial score (nSPS) is 10.5. The second-order valence-electron chi connectivity index (χ2n) is 5.06. The van der Waals surface area contributed by atoms with E-state index in [0.717, 1.165) is 31.0 Å². The number of benzene rings is 1. The summed E-state index contributed by atoms with van der Waals surface area (Å²) in [6.45, 7) is 4.00. The van der Waals surface area contributed by atoms with Crippen LogP contribution in [0.2, 0.25) is 0 Å². The molecule has 0 fully saturated rings. The number of ether oxygens (including phenoxy) is 1. The highest BCUT2D eigenvalue weighted by atomic mass is 16.5. The summed E-state index contributed by atoms with van der Waals surface area (Å²) in [5, 5.41) is 2.15. The minimum Gasteiger partial charge on any atom is -0.488 e. The van der Waals surface area contributed by atoms with E-state index < -0.39 is 0 Å². The molecule has 2 aromatic rings. The average molecular weight is 288 g/mol. The van der Waals surface area contributed by atoms with Gasteiger partial charge in [0, 0.05) is 6.42 Å². The van der Waals surface area contributed by atoms with Crippen molar-refractivity contribution in [2.24, 2.45) is 0 Å². The molecule has 0 atom stereocenters. The van der Waals surface area contributed by atoms with Crippen LogP contribution in [-0.2, 0) is 17.8 Å². The Labute approximate surface area is 125 Å². The molecule has 112 valence electrons. The van der Waals surface area contributed by atoms with Gasteiger partial charge in [-0.05, 0) is 43.2 Å². The molecule has 0 saturated carbocycles. The Morgan fingerprint density at radius 1 is 1.24 bits per heavy atom. The molecule has 0 radical (unpaired) electrons. The van der Waals surface area contributed by atoms with Gasteiger partial charge < -0.3 is 19.3 Å². The van der Waals surface area contributed by atoms with Crippen molar-refractivity contribution < 1.29 is 19.3 Å². The molecule has 0 aliphatic rings. The maximum atomic E-state index is 10.9. The highest BCUT2D eigenvalue weighted by Crippen LogP contribution is 2.13. The molecule has 1 aromatic carbocycles. The van der Waals surface area contributed by atoms with Crippen LogP contribution < -0.4 is 10.1 Å². The van der Waals surface area contributed by atoms with Gasteiger partial charge in [-0.2, -0.15) is 0 Å². The maximum absolute atomic E-state index is 10.9. The average Bonchev–Trinajstić information content (AvgIpc) is 2.99. The Kier molecular flexibility index (Phi) is 6.03. The number of furan rings is 1. The highest BCUT2D eigenvalue weighted by Gasteiger charge is 2.00. The molecule has 0 aliphatic carbocycles. The van der Waals surface area contributed by atoms with Gasteiger partial charge in [-0.25, -0.2) is 0 Å². The highest BCUT2D eigenvalue weighted by molar-refractivity contribution is 5.75. The van der Waals surface area contributed by atoms with Gasteiger partial charge in [0.25, 0.3) is 0 Å². The van der Waals surface area contributed by atoms with Gasteiger partial charge in [-0.1, -0.05) is 12.1 Å². The van der Waals surface area contributed by atoms with E-state index in [2.05, 4.69) is 5.32 Å². The lowest BCUT2D eigenvalue weighted by atomic mass is 10.1. The van der Waals surface area contributed by atoms with Crippen LogP contribution in [0.1, 0.15) is 24.7 Å². The summed E-state index contributed by atoms with van der Waals surface area (Å²) < 4.78 is 10.9. The number of ketones is 1. The lowest BCUT2D eigenvalue weighted by Crippen LogP contribution is -2.83. The zero-order valence-electron chi connectivity index (χ0n) is 12.4. The summed E-state index contributed by atoms with van der Waals surface area (Å²) in [5.74, 6) is 2.07. The van der Waals surface area contributed by atoms with Gasteiger partial charge in [0.1, 0.15) is 31.2 Å². The van der Waals surface area contributed by atoms with E-state index in [1.165, 1.54) is 5.56 Å². The number of carbonyl (C=O) groups excluding carboxylic acids is 1. The first-order valence-corrected chi connectivity index (χ1v) is 7.29. The summed E-state index contributed by atoms with van der Waals surface area (Å²) in [7, 11) is 0. The van der Waals surface area contributed by atoms with E-state index in [1.54, 1.807) is 13.2 Å². The van der Waals surface area contributed by atoms with Crippen molar-refractivity contribution in [3.8, 4) is 5.75 Å². The van der Waals surface area contributed by atoms with E-state index in [-0.39, 0.29) is 5.78 Å². The number of rotatable bonds is 9. The van der Waals surface area contributed by atoms with Crippen molar-refractivity contribution in [3.63, 3.8) is 0 Å². The number of hydrogen-bond acceptors (Lipinski definition) is 3. The van der Waals surface area contributed by atoms with E-state index in [1.807, 2.05) is 36.4 Å². The van der Waals surface area contributed by atoms with E-state index in [9.17, 15) is 4.79 Å². The molecule has 21 heavy (non-hydrogen) atoms. The summed E-state index contributed by atoms with van der Waals surface area (Å²) in [6.07, 6.45) is 3.09. The van der Waals surface area contributed by atoms with E-state index in [0.29, 0.717) is 13.0 Å². The van der Waals surface area contributed by atoms with Gasteiger partial charge in [-0.15, -0.1) is 0 Å². The van der Waals surface area contributed by atoms with Crippen LogP contribution in [0, 0.1) is 0 Å². The minimum absolute atomic E-state index is 0.224. The number of nitrogens with two attached hydrogens (primary N) is 1. The molecule has 0 aliphatic heterocycles. The Morgan fingerprint density at radius 2 is 2.05 bits per heavy atom. The number of hydrogen-bond donors (Lipinski definition) is 1. The van der Waals surface area contributed by atoms with Gasteiger partial charge in [-0.3, -0.25) is 0 Å². The Balaban J connectivity index is 1.63. The van der Waals surface area contributed by atoms with Crippen LogP contribution in [0.3, 0.4) is 0 Å². The minimum atomic E-state index is 0.224. The predicted octanol–water partition coefficient (Wildman–Crippen LogP) is 1.94. The fourth-order valence-corrected chi connectivity index (χ4v) is 2.01. The molecule has 1 aromatic heterocycles. The van der Waals surface area contributed by atoms with Crippen LogP contribution in [0.4, 0.5) is 0 Å². The molecule has 0 saturated heterocycles. The quantitative estimate of drug-likeness (QED) is 0.717. The van der Waals surface area contributed by atoms with Gasteiger partial charge >= 0.3 is 0 Å². The summed E-state index contributed by atoms with van der Waals surface area (Å²) in [4.78, 5) is 10.9. The third-order valence-corrected chi connectivity index (χ3v) is 3.21. The first-order chi connectivity index (χ1) is 10.2. The lowest BCUT2D eigenvalue weighted by molar-refractivity contribution is -0.672. The smallest absolute Gasteiger partial charge is 0.157 e. The van der Waals surface area contributed by atoms with Crippen LogP contribution in [-0.4, -0.2) is 18.9 Å². The van der Waals surface area contributed by atoms with E-state index >= 15 is 0 Å². The largest absolute Gasteiger partial charge is 0.488 e. The van der Waals surface area contributed by atoms with Crippen molar-refractivity contribution in [3.05, 3.63) is 54.0 Å². The van der Waals surface area contributed by atoms with Crippen molar-refractivity contribution in [2.45, 2.75) is 26.3 Å². The topological polar surface area (TPSA) is 56.0 Å². The second-order valence-corrected chi connectivity index (χ2v) is 5.06. The summed E-state index contributed by atoms with van der Waals surface area (Å²) in [5.41, 5.74) is 1.17. The molecule has 0 spiro atoms. The number of aryl methyl sites for hydroxylation is 1. The first-order valence-electron chi connectivity index (χ1n) is 7.29. The second kappa shape index (κ2) is 8.27. The first kappa shape index (κ1) is 15.3. The van der Waals surface area contributed by atoms with Crippen LogP contribution in [0.5, 0.6) is 5.75 Å². The van der Waals surface area contributed by atoms with Gasteiger partial charge in [0.05, 0.1) is 6.26 Å². The molecule has 0 bridgehead atoms. The Morgan fingerprint density at radius 3 is 2.71 bits per heavy atom. The summed E-state index contributed by atoms with van der Waals surface area (Å²) in [6, 6.07) is 11.8. The van der Waals surface area contributed by atoms with Gasteiger partial charge in [0.15, 0.2) is 5.76 Å². The lowest BCUT2D eigenvalue weighted by Gasteiger charge is -2.06. The standard InChI is InChI=1S/C17H21NO3/c1-14(19)4-5-15-6-8-16(9-7-15)21-12-10-18-13-17-3-2-11-20-17/h2-3,6-9,11,18H,4-5,10,12-13H2,1H3/p+1. The van der Waals surface area contributed by atoms with Crippen LogP contribution in [0.25, 0.3) is 0 Å². The van der Waals surface area contributed by atoms with Crippen molar-refractivity contribution in [1.29, 1.82) is 0 Å². The Hall–Kier alpha value is -2.07. The molecule has 1 heterocycles. The molecular weight excluding hydrogens is 266 g/mol. The zero-order chi connectivity index (χ0) is 14.9.